The molecular weight excluding hydrogens is 360 g/mol. The standard InChI is InChI=1S/C20H20N4O2S/c1-13-12-27-20-21-10-15(19(26)24(13)20)18(25)23-11-14-6-4-5-9-22(14)16-7-2-3-8-17(16)23/h2-3,7-8,10,12,14H,4-6,9,11H2,1H3. The van der Waals surface area contributed by atoms with Gasteiger partial charge in [-0.25, -0.2) is 4.98 Å². The normalized spacial score (nSPS) is 19.1. The molecule has 7 heteroatoms. The summed E-state index contributed by atoms with van der Waals surface area (Å²) in [5.41, 5.74) is 2.62. The number of aryl methyl sites for hydroxylation is 1. The van der Waals surface area contributed by atoms with Crippen molar-refractivity contribution in [3.63, 3.8) is 0 Å². The van der Waals surface area contributed by atoms with E-state index in [0.29, 0.717) is 17.5 Å². The number of fused-ring (bicyclic) bond motifs is 4. The minimum absolute atomic E-state index is 0.132. The first-order chi connectivity index (χ1) is 13.1. The van der Waals surface area contributed by atoms with Gasteiger partial charge in [-0.05, 0) is 38.3 Å². The first kappa shape index (κ1) is 16.5. The molecule has 0 spiro atoms. The van der Waals surface area contributed by atoms with Crippen LogP contribution in [0.4, 0.5) is 11.4 Å². The largest absolute Gasteiger partial charge is 0.365 e. The van der Waals surface area contributed by atoms with Crippen LogP contribution in [-0.4, -0.2) is 34.4 Å². The summed E-state index contributed by atoms with van der Waals surface area (Å²) in [5.74, 6) is -0.259. The van der Waals surface area contributed by atoms with E-state index in [-0.39, 0.29) is 17.0 Å². The Morgan fingerprint density at radius 2 is 2.04 bits per heavy atom. The lowest BCUT2D eigenvalue weighted by atomic mass is 9.96. The minimum atomic E-state index is -0.285. The zero-order chi connectivity index (χ0) is 18.5. The second kappa shape index (κ2) is 6.20. The third kappa shape index (κ3) is 2.49. The lowest BCUT2D eigenvalue weighted by Gasteiger charge is -2.46. The molecule has 27 heavy (non-hydrogen) atoms. The van der Waals surface area contributed by atoms with Gasteiger partial charge in [0.25, 0.3) is 11.5 Å². The van der Waals surface area contributed by atoms with Crippen molar-refractivity contribution >= 4 is 33.6 Å². The molecule has 1 fully saturated rings. The molecule has 2 aromatic heterocycles. The maximum absolute atomic E-state index is 13.4. The molecule has 0 bridgehead atoms. The molecule has 1 aromatic carbocycles. The smallest absolute Gasteiger partial charge is 0.271 e. The van der Waals surface area contributed by atoms with E-state index in [9.17, 15) is 9.59 Å². The molecular formula is C20H20N4O2S. The summed E-state index contributed by atoms with van der Waals surface area (Å²) in [6.07, 6.45) is 4.86. The van der Waals surface area contributed by atoms with Crippen molar-refractivity contribution in [2.45, 2.75) is 32.2 Å². The Morgan fingerprint density at radius 3 is 2.89 bits per heavy atom. The maximum Gasteiger partial charge on any atom is 0.271 e. The van der Waals surface area contributed by atoms with E-state index in [1.165, 1.54) is 34.8 Å². The predicted octanol–water partition coefficient (Wildman–Crippen LogP) is 3.08. The van der Waals surface area contributed by atoms with Crippen LogP contribution in [0.5, 0.6) is 0 Å². The SMILES string of the molecule is Cc1csc2ncc(C(=O)N3CC4CCCCN4c4ccccc43)c(=O)n12. The van der Waals surface area contributed by atoms with Crippen molar-refractivity contribution in [1.29, 1.82) is 0 Å². The third-order valence-electron chi connectivity index (χ3n) is 5.59. The fraction of sp³-hybridized carbons (Fsp3) is 0.350. The summed E-state index contributed by atoms with van der Waals surface area (Å²) in [6.45, 7) is 3.49. The van der Waals surface area contributed by atoms with Gasteiger partial charge in [-0.2, -0.15) is 0 Å². The van der Waals surface area contributed by atoms with E-state index in [0.717, 1.165) is 30.0 Å². The van der Waals surface area contributed by atoms with Gasteiger partial charge in [0.15, 0.2) is 4.96 Å². The van der Waals surface area contributed by atoms with Crippen LogP contribution >= 0.6 is 11.3 Å². The van der Waals surface area contributed by atoms with Gasteiger partial charge in [-0.1, -0.05) is 12.1 Å². The summed E-state index contributed by atoms with van der Waals surface area (Å²) >= 11 is 1.41. The highest BCUT2D eigenvalue weighted by molar-refractivity contribution is 7.15. The Hall–Kier alpha value is -2.67. The van der Waals surface area contributed by atoms with E-state index >= 15 is 0 Å². The Labute approximate surface area is 160 Å². The van der Waals surface area contributed by atoms with E-state index in [2.05, 4.69) is 16.0 Å². The predicted molar refractivity (Wildman–Crippen MR) is 107 cm³/mol. The molecule has 1 unspecified atom stereocenters. The molecule has 6 nitrogen and oxygen atoms in total. The number of hydrogen-bond donors (Lipinski definition) is 0. The quantitative estimate of drug-likeness (QED) is 0.651. The molecule has 3 aromatic rings. The summed E-state index contributed by atoms with van der Waals surface area (Å²) in [7, 11) is 0. The van der Waals surface area contributed by atoms with Crippen LogP contribution in [0.15, 0.2) is 40.6 Å². The van der Waals surface area contributed by atoms with E-state index in [1.807, 2.05) is 30.5 Å². The molecule has 2 aliphatic heterocycles. The zero-order valence-electron chi connectivity index (χ0n) is 15.1. The van der Waals surface area contributed by atoms with E-state index < -0.39 is 0 Å². The van der Waals surface area contributed by atoms with Crippen molar-refractivity contribution in [2.75, 3.05) is 22.9 Å². The number of thiazole rings is 1. The Bertz CT molecular complexity index is 1100. The Balaban J connectivity index is 1.62. The number of carbonyl (C=O) groups is 1. The molecule has 5 rings (SSSR count). The first-order valence-corrected chi connectivity index (χ1v) is 10.2. The van der Waals surface area contributed by atoms with Gasteiger partial charge in [0.05, 0.1) is 11.4 Å². The maximum atomic E-state index is 13.4. The van der Waals surface area contributed by atoms with Gasteiger partial charge in [-0.3, -0.25) is 14.0 Å². The number of piperidine rings is 1. The highest BCUT2D eigenvalue weighted by Crippen LogP contribution is 2.38. The fourth-order valence-electron chi connectivity index (χ4n) is 4.26. The summed E-state index contributed by atoms with van der Waals surface area (Å²) in [6, 6.07) is 8.30. The lowest BCUT2D eigenvalue weighted by molar-refractivity contribution is 0.0980. The number of para-hydroxylation sites is 2. The van der Waals surface area contributed by atoms with Crippen molar-refractivity contribution < 1.29 is 4.79 Å². The van der Waals surface area contributed by atoms with Crippen LogP contribution in [-0.2, 0) is 0 Å². The zero-order valence-corrected chi connectivity index (χ0v) is 15.9. The Kier molecular flexibility index (Phi) is 3.79. The highest BCUT2D eigenvalue weighted by Gasteiger charge is 2.36. The van der Waals surface area contributed by atoms with Crippen LogP contribution < -0.4 is 15.4 Å². The molecule has 1 amide bonds. The molecule has 0 saturated carbocycles. The number of benzene rings is 1. The van der Waals surface area contributed by atoms with Crippen LogP contribution in [0.2, 0.25) is 0 Å². The molecule has 0 N–H and O–H groups in total. The van der Waals surface area contributed by atoms with Crippen molar-refractivity contribution in [1.82, 2.24) is 9.38 Å². The van der Waals surface area contributed by atoms with Gasteiger partial charge in [0, 0.05) is 36.4 Å². The molecule has 0 radical (unpaired) electrons. The molecule has 2 aliphatic rings. The molecule has 1 saturated heterocycles. The number of anilines is 2. The Morgan fingerprint density at radius 1 is 1.22 bits per heavy atom. The van der Waals surface area contributed by atoms with Crippen molar-refractivity contribution in [3.05, 3.63) is 57.5 Å². The average molecular weight is 380 g/mol. The second-order valence-corrected chi connectivity index (χ2v) is 8.06. The van der Waals surface area contributed by atoms with Crippen LogP contribution in [0.3, 0.4) is 0 Å². The van der Waals surface area contributed by atoms with Crippen molar-refractivity contribution in [3.8, 4) is 0 Å². The van der Waals surface area contributed by atoms with Gasteiger partial charge >= 0.3 is 0 Å². The fourth-order valence-corrected chi connectivity index (χ4v) is 5.09. The number of hydrogen-bond acceptors (Lipinski definition) is 5. The van der Waals surface area contributed by atoms with E-state index in [1.54, 1.807) is 4.90 Å². The minimum Gasteiger partial charge on any atom is -0.365 e. The molecule has 1 atom stereocenters. The van der Waals surface area contributed by atoms with Gasteiger partial charge in [0.1, 0.15) is 5.56 Å². The number of nitrogens with zero attached hydrogens (tertiary/aromatic N) is 4. The number of rotatable bonds is 1. The first-order valence-electron chi connectivity index (χ1n) is 9.28. The van der Waals surface area contributed by atoms with Gasteiger partial charge in [0.2, 0.25) is 0 Å². The summed E-state index contributed by atoms with van der Waals surface area (Å²) in [5, 5.41) is 1.88. The van der Waals surface area contributed by atoms with E-state index in [4.69, 9.17) is 0 Å². The topological polar surface area (TPSA) is 57.9 Å². The van der Waals surface area contributed by atoms with Crippen LogP contribution in [0, 0.1) is 6.92 Å². The third-order valence-corrected chi connectivity index (χ3v) is 6.55. The molecule has 4 heterocycles. The lowest BCUT2D eigenvalue weighted by Crippen LogP contribution is -2.53. The second-order valence-electron chi connectivity index (χ2n) is 7.22. The number of carbonyl (C=O) groups excluding carboxylic acids is 1. The monoisotopic (exact) mass is 380 g/mol. The van der Waals surface area contributed by atoms with Gasteiger partial charge < -0.3 is 9.80 Å². The van der Waals surface area contributed by atoms with Crippen LogP contribution in [0.1, 0.15) is 35.3 Å². The van der Waals surface area contributed by atoms with Crippen molar-refractivity contribution in [2.24, 2.45) is 0 Å². The molecule has 138 valence electrons. The van der Waals surface area contributed by atoms with Gasteiger partial charge in [-0.15, -0.1) is 11.3 Å². The summed E-state index contributed by atoms with van der Waals surface area (Å²) < 4.78 is 1.53. The molecule has 0 aliphatic carbocycles. The highest BCUT2D eigenvalue weighted by atomic mass is 32.1. The van der Waals surface area contributed by atoms with Crippen LogP contribution in [0.25, 0.3) is 4.96 Å². The number of amides is 1. The summed E-state index contributed by atoms with van der Waals surface area (Å²) in [4.78, 5) is 35.5. The average Bonchev–Trinajstić information content (AvgIpc) is 3.09. The number of aromatic nitrogens is 2.